The zero-order valence-corrected chi connectivity index (χ0v) is 16.8. The highest BCUT2D eigenvalue weighted by molar-refractivity contribution is 7.19. The molecule has 0 aliphatic carbocycles. The molecule has 0 spiro atoms. The molecule has 26 heavy (non-hydrogen) atoms. The highest BCUT2D eigenvalue weighted by Crippen LogP contribution is 2.41. The Labute approximate surface area is 159 Å². The van der Waals surface area contributed by atoms with Crippen molar-refractivity contribution in [3.8, 4) is 0 Å². The molecular formula is C24H26OS. The Morgan fingerprint density at radius 1 is 0.769 bits per heavy atom. The second-order valence-corrected chi connectivity index (χ2v) is 9.65. The largest absolute Gasteiger partial charge is 0.461 e. The molecule has 0 fully saturated rings. The normalized spacial score (nSPS) is 12.9. The third-order valence-corrected chi connectivity index (χ3v) is 7.04. The van der Waals surface area contributed by atoms with Crippen LogP contribution in [0, 0.1) is 0 Å². The number of hydrogen-bond acceptors (Lipinski definition) is 2. The van der Waals surface area contributed by atoms with Gasteiger partial charge in [-0.1, -0.05) is 64.1 Å². The predicted octanol–water partition coefficient (Wildman–Crippen LogP) is 7.68. The van der Waals surface area contributed by atoms with Crippen molar-refractivity contribution in [2.24, 2.45) is 0 Å². The molecule has 134 valence electrons. The number of benzene rings is 2. The van der Waals surface area contributed by atoms with Crippen LogP contribution in [0.25, 0.3) is 21.1 Å². The fourth-order valence-electron chi connectivity index (χ4n) is 3.50. The summed E-state index contributed by atoms with van der Waals surface area (Å²) in [4.78, 5) is 1.47. The zero-order chi connectivity index (χ0) is 18.4. The minimum atomic E-state index is 0.0208. The van der Waals surface area contributed by atoms with E-state index in [1.165, 1.54) is 20.3 Å². The fourth-order valence-corrected chi connectivity index (χ4v) is 4.69. The monoisotopic (exact) mass is 362 g/mol. The van der Waals surface area contributed by atoms with Gasteiger partial charge in [0.2, 0.25) is 0 Å². The SMILES string of the molecule is CC(C)(CCC(C)(C)c1cc2ccccc2s1)c1cc2ccccc2o1. The smallest absolute Gasteiger partial charge is 0.134 e. The number of hydrogen-bond donors (Lipinski definition) is 0. The van der Waals surface area contributed by atoms with E-state index in [4.69, 9.17) is 4.42 Å². The van der Waals surface area contributed by atoms with Crippen LogP contribution in [-0.4, -0.2) is 0 Å². The maximum Gasteiger partial charge on any atom is 0.134 e. The number of rotatable bonds is 5. The van der Waals surface area contributed by atoms with Crippen LogP contribution in [0.1, 0.15) is 51.2 Å². The van der Waals surface area contributed by atoms with Crippen molar-refractivity contribution in [3.05, 3.63) is 71.3 Å². The number of para-hydroxylation sites is 1. The van der Waals surface area contributed by atoms with Gasteiger partial charge in [0.05, 0.1) is 0 Å². The molecule has 0 atom stereocenters. The lowest BCUT2D eigenvalue weighted by Crippen LogP contribution is -2.23. The second kappa shape index (κ2) is 6.28. The maximum absolute atomic E-state index is 6.15. The van der Waals surface area contributed by atoms with Gasteiger partial charge in [-0.25, -0.2) is 0 Å². The van der Waals surface area contributed by atoms with Crippen molar-refractivity contribution >= 4 is 32.4 Å². The summed E-state index contributed by atoms with van der Waals surface area (Å²) in [5.41, 5.74) is 1.17. The molecule has 0 saturated carbocycles. The van der Waals surface area contributed by atoms with Crippen LogP contribution in [-0.2, 0) is 10.8 Å². The Morgan fingerprint density at radius 2 is 1.42 bits per heavy atom. The summed E-state index contributed by atoms with van der Waals surface area (Å²) in [5, 5.41) is 2.55. The summed E-state index contributed by atoms with van der Waals surface area (Å²) in [6.07, 6.45) is 2.22. The summed E-state index contributed by atoms with van der Waals surface area (Å²) < 4.78 is 7.54. The minimum Gasteiger partial charge on any atom is -0.461 e. The minimum absolute atomic E-state index is 0.0208. The zero-order valence-electron chi connectivity index (χ0n) is 16.0. The lowest BCUT2D eigenvalue weighted by Gasteiger charge is -2.29. The molecule has 4 rings (SSSR count). The molecule has 0 aliphatic heterocycles. The van der Waals surface area contributed by atoms with Crippen molar-refractivity contribution in [3.63, 3.8) is 0 Å². The highest BCUT2D eigenvalue weighted by Gasteiger charge is 2.30. The molecule has 2 heterocycles. The first-order chi connectivity index (χ1) is 12.4. The third kappa shape index (κ3) is 3.19. The van der Waals surface area contributed by atoms with Crippen LogP contribution >= 0.6 is 11.3 Å². The molecule has 1 nitrogen and oxygen atoms in total. The molecule has 0 aliphatic rings. The van der Waals surface area contributed by atoms with Crippen molar-refractivity contribution in [1.29, 1.82) is 0 Å². The van der Waals surface area contributed by atoms with Crippen molar-refractivity contribution in [2.45, 2.75) is 51.4 Å². The number of fused-ring (bicyclic) bond motifs is 2. The van der Waals surface area contributed by atoms with Gasteiger partial charge in [-0.15, -0.1) is 11.3 Å². The Morgan fingerprint density at radius 3 is 2.15 bits per heavy atom. The summed E-state index contributed by atoms with van der Waals surface area (Å²) in [7, 11) is 0. The lowest BCUT2D eigenvalue weighted by molar-refractivity contribution is 0.331. The molecule has 0 radical (unpaired) electrons. The molecule has 0 N–H and O–H groups in total. The molecule has 0 bridgehead atoms. The first kappa shape index (κ1) is 17.4. The Balaban J connectivity index is 1.55. The van der Waals surface area contributed by atoms with Crippen molar-refractivity contribution in [2.75, 3.05) is 0 Å². The van der Waals surface area contributed by atoms with Crippen molar-refractivity contribution < 1.29 is 4.42 Å². The van der Waals surface area contributed by atoms with E-state index in [0.717, 1.165) is 24.2 Å². The quantitative estimate of drug-likeness (QED) is 0.355. The van der Waals surface area contributed by atoms with Crippen LogP contribution < -0.4 is 0 Å². The van der Waals surface area contributed by atoms with Crippen LogP contribution in [0.15, 0.2) is 65.1 Å². The van der Waals surface area contributed by atoms with E-state index in [9.17, 15) is 0 Å². The van der Waals surface area contributed by atoms with Gasteiger partial charge >= 0.3 is 0 Å². The van der Waals surface area contributed by atoms with Gasteiger partial charge in [0.15, 0.2) is 0 Å². The molecule has 0 saturated heterocycles. The summed E-state index contributed by atoms with van der Waals surface area (Å²) in [6.45, 7) is 9.33. The van der Waals surface area contributed by atoms with E-state index in [0.29, 0.717) is 0 Å². The summed E-state index contributed by atoms with van der Waals surface area (Å²) in [5.74, 6) is 1.09. The molecule has 2 aromatic heterocycles. The molecule has 2 aromatic carbocycles. The summed E-state index contributed by atoms with van der Waals surface area (Å²) >= 11 is 1.93. The Bertz CT molecular complexity index is 896. The number of furan rings is 1. The summed E-state index contributed by atoms with van der Waals surface area (Å²) in [6, 6.07) is 21.5. The Hall–Kier alpha value is -2.06. The van der Waals surface area contributed by atoms with Gasteiger partial charge in [0.1, 0.15) is 11.3 Å². The third-order valence-electron chi connectivity index (χ3n) is 5.56. The van der Waals surface area contributed by atoms with Crippen molar-refractivity contribution in [1.82, 2.24) is 0 Å². The van der Waals surface area contributed by atoms with Gasteiger partial charge in [0.25, 0.3) is 0 Å². The average Bonchev–Trinajstić information content (AvgIpc) is 3.25. The van der Waals surface area contributed by atoms with E-state index in [2.05, 4.69) is 82.3 Å². The predicted molar refractivity (Wildman–Crippen MR) is 113 cm³/mol. The van der Waals surface area contributed by atoms with E-state index < -0.39 is 0 Å². The van der Waals surface area contributed by atoms with Gasteiger partial charge in [-0.2, -0.15) is 0 Å². The second-order valence-electron chi connectivity index (χ2n) is 8.56. The van der Waals surface area contributed by atoms with E-state index in [1.54, 1.807) is 0 Å². The molecule has 0 amide bonds. The Kier molecular flexibility index (Phi) is 4.19. The molecule has 4 aromatic rings. The topological polar surface area (TPSA) is 13.1 Å². The van der Waals surface area contributed by atoms with Gasteiger partial charge in [-0.3, -0.25) is 0 Å². The number of thiophene rings is 1. The van der Waals surface area contributed by atoms with Crippen LogP contribution in [0.4, 0.5) is 0 Å². The van der Waals surface area contributed by atoms with Crippen LogP contribution in [0.2, 0.25) is 0 Å². The van der Waals surface area contributed by atoms with Crippen LogP contribution in [0.5, 0.6) is 0 Å². The lowest BCUT2D eigenvalue weighted by atomic mass is 9.77. The maximum atomic E-state index is 6.15. The highest BCUT2D eigenvalue weighted by atomic mass is 32.1. The molecular weight excluding hydrogens is 336 g/mol. The van der Waals surface area contributed by atoms with Gasteiger partial charge in [0, 0.05) is 20.4 Å². The fraction of sp³-hybridized carbons (Fsp3) is 0.333. The average molecular weight is 363 g/mol. The van der Waals surface area contributed by atoms with E-state index in [-0.39, 0.29) is 10.8 Å². The standard InChI is InChI=1S/C24H26OS/c1-23(2,21-15-17-9-5-7-11-19(17)25-21)13-14-24(3,4)22-16-18-10-6-8-12-20(18)26-22/h5-12,15-16H,13-14H2,1-4H3. The van der Waals surface area contributed by atoms with E-state index >= 15 is 0 Å². The first-order valence-corrected chi connectivity index (χ1v) is 10.1. The molecule has 2 heteroatoms. The molecule has 0 unspecified atom stereocenters. The van der Waals surface area contributed by atoms with Gasteiger partial charge < -0.3 is 4.42 Å². The van der Waals surface area contributed by atoms with Crippen LogP contribution in [0.3, 0.4) is 0 Å². The first-order valence-electron chi connectivity index (χ1n) is 9.33. The van der Waals surface area contributed by atoms with E-state index in [1.807, 2.05) is 17.4 Å². The van der Waals surface area contributed by atoms with Gasteiger partial charge in [-0.05, 0) is 47.9 Å².